The average Bonchev–Trinajstić information content (AvgIpc) is 3.02. The Hall–Kier alpha value is -3.68. The number of nitrogens with zero attached hydrogens (tertiary/aromatic N) is 3. The lowest BCUT2D eigenvalue weighted by atomic mass is 10.0. The molecule has 5 rings (SSSR count). The normalized spacial score (nSPS) is 12.9. The van der Waals surface area contributed by atoms with E-state index in [0.29, 0.717) is 22.6 Å². The van der Waals surface area contributed by atoms with E-state index in [1.807, 2.05) is 0 Å². The highest BCUT2D eigenvalue weighted by Crippen LogP contribution is 2.43. The van der Waals surface area contributed by atoms with Crippen molar-refractivity contribution >= 4 is 28.1 Å². The number of halogens is 2. The van der Waals surface area contributed by atoms with Gasteiger partial charge in [0.2, 0.25) is 0 Å². The number of hydrogen-bond donors (Lipinski definition) is 2. The maximum Gasteiger partial charge on any atom is 0.274 e. The summed E-state index contributed by atoms with van der Waals surface area (Å²) in [6.07, 6.45) is 4.96. The number of anilines is 3. The first-order chi connectivity index (χ1) is 13.4. The van der Waals surface area contributed by atoms with Gasteiger partial charge < -0.3 is 20.2 Å². The van der Waals surface area contributed by atoms with Gasteiger partial charge in [0, 0.05) is 42.0 Å². The second-order valence-corrected chi connectivity index (χ2v) is 6.84. The summed E-state index contributed by atoms with van der Waals surface area (Å²) in [5.41, 5.74) is 9.16. The number of benzene rings is 1. The summed E-state index contributed by atoms with van der Waals surface area (Å²) in [4.78, 5) is 21.7. The van der Waals surface area contributed by atoms with Crippen LogP contribution < -0.4 is 16.2 Å². The van der Waals surface area contributed by atoms with Crippen molar-refractivity contribution in [1.29, 1.82) is 0 Å². The van der Waals surface area contributed by atoms with E-state index < -0.39 is 11.6 Å². The molecule has 0 saturated heterocycles. The Kier molecular flexibility index (Phi) is 3.33. The third-order valence-corrected chi connectivity index (χ3v) is 5.05. The van der Waals surface area contributed by atoms with E-state index in [-0.39, 0.29) is 17.8 Å². The molecule has 0 bridgehead atoms. The number of nitrogens with two attached hydrogens (primary N) is 1. The Morgan fingerprint density at radius 1 is 1.21 bits per heavy atom. The molecule has 0 radical (unpaired) electrons. The number of rotatable bonds is 1. The minimum absolute atomic E-state index is 0.162. The van der Waals surface area contributed by atoms with Crippen molar-refractivity contribution in [1.82, 2.24) is 14.5 Å². The van der Waals surface area contributed by atoms with Gasteiger partial charge in [-0.25, -0.2) is 13.8 Å². The van der Waals surface area contributed by atoms with Crippen molar-refractivity contribution in [2.24, 2.45) is 7.05 Å². The fourth-order valence-electron chi connectivity index (χ4n) is 3.79. The van der Waals surface area contributed by atoms with E-state index >= 15 is 0 Å². The fourth-order valence-corrected chi connectivity index (χ4v) is 3.79. The van der Waals surface area contributed by atoms with Crippen LogP contribution >= 0.6 is 0 Å². The minimum Gasteiger partial charge on any atom is -0.397 e. The summed E-state index contributed by atoms with van der Waals surface area (Å²) in [5.74, 6) is -0.870. The Morgan fingerprint density at radius 2 is 2.04 bits per heavy atom. The smallest absolute Gasteiger partial charge is 0.274 e. The molecule has 140 valence electrons. The largest absolute Gasteiger partial charge is 0.397 e. The van der Waals surface area contributed by atoms with Crippen molar-refractivity contribution in [3.63, 3.8) is 0 Å². The molecular weight excluding hydrogens is 364 g/mol. The third-order valence-electron chi connectivity index (χ3n) is 5.05. The SMILES string of the molecule is Cn1cc2c3c(c[nH]c3c1=O)CN(c1ccc(F)cc1F)c1ncc(N)cc1-2. The highest BCUT2D eigenvalue weighted by Gasteiger charge is 2.27. The summed E-state index contributed by atoms with van der Waals surface area (Å²) in [6.45, 7) is 0.257. The van der Waals surface area contributed by atoms with Gasteiger partial charge in [0.05, 0.1) is 24.1 Å². The number of aryl methyl sites for hydroxylation is 1. The maximum absolute atomic E-state index is 14.6. The van der Waals surface area contributed by atoms with Crippen LogP contribution in [0.15, 0.2) is 47.7 Å². The summed E-state index contributed by atoms with van der Waals surface area (Å²) in [5, 5.41) is 0.752. The summed E-state index contributed by atoms with van der Waals surface area (Å²) >= 11 is 0. The Labute approximate surface area is 157 Å². The van der Waals surface area contributed by atoms with Crippen LogP contribution in [0.25, 0.3) is 22.0 Å². The molecule has 0 unspecified atom stereocenters. The zero-order chi connectivity index (χ0) is 19.6. The van der Waals surface area contributed by atoms with Crippen LogP contribution in [0.2, 0.25) is 0 Å². The molecule has 0 aliphatic carbocycles. The molecule has 1 aromatic carbocycles. The number of hydrogen-bond acceptors (Lipinski definition) is 4. The molecule has 28 heavy (non-hydrogen) atoms. The number of nitrogens with one attached hydrogen (secondary N) is 1. The van der Waals surface area contributed by atoms with Crippen LogP contribution in [0.3, 0.4) is 0 Å². The minimum atomic E-state index is -0.697. The molecule has 0 saturated carbocycles. The molecule has 8 heteroatoms. The van der Waals surface area contributed by atoms with Gasteiger partial charge in [0.15, 0.2) is 0 Å². The standard InChI is InChI=1S/C20H15F2N5O/c1-26-9-14-13-5-12(23)7-25-19(13)27(16-3-2-11(21)4-15(16)22)8-10-6-24-18(17(10)14)20(26)28/h2-7,9,24H,8,23H2,1H3. The van der Waals surface area contributed by atoms with Crippen LogP contribution in [0.5, 0.6) is 0 Å². The van der Waals surface area contributed by atoms with E-state index in [9.17, 15) is 13.6 Å². The summed E-state index contributed by atoms with van der Waals surface area (Å²) in [6, 6.07) is 5.17. The van der Waals surface area contributed by atoms with E-state index in [0.717, 1.165) is 22.6 Å². The van der Waals surface area contributed by atoms with Gasteiger partial charge in [-0.2, -0.15) is 0 Å². The van der Waals surface area contributed by atoms with Gasteiger partial charge in [-0.15, -0.1) is 0 Å². The van der Waals surface area contributed by atoms with Gasteiger partial charge >= 0.3 is 0 Å². The van der Waals surface area contributed by atoms with E-state index in [4.69, 9.17) is 5.73 Å². The lowest BCUT2D eigenvalue weighted by Gasteiger charge is -2.24. The van der Waals surface area contributed by atoms with Crippen LogP contribution in [0.4, 0.5) is 26.0 Å². The third kappa shape index (κ3) is 2.24. The molecule has 3 aromatic heterocycles. The highest BCUT2D eigenvalue weighted by molar-refractivity contribution is 6.02. The van der Waals surface area contributed by atoms with Crippen LogP contribution in [0.1, 0.15) is 5.56 Å². The van der Waals surface area contributed by atoms with Crippen LogP contribution in [0, 0.1) is 11.6 Å². The van der Waals surface area contributed by atoms with Gasteiger partial charge in [0.25, 0.3) is 5.56 Å². The van der Waals surface area contributed by atoms with Gasteiger partial charge in [-0.1, -0.05) is 0 Å². The van der Waals surface area contributed by atoms with Crippen molar-refractivity contribution in [3.05, 3.63) is 70.4 Å². The van der Waals surface area contributed by atoms with Gasteiger partial charge in [0.1, 0.15) is 23.0 Å². The molecule has 0 amide bonds. The molecule has 3 N–H and O–H groups in total. The predicted octanol–water partition coefficient (Wildman–Crippen LogP) is 3.44. The monoisotopic (exact) mass is 379 g/mol. The van der Waals surface area contributed by atoms with Crippen LogP contribution in [-0.4, -0.2) is 14.5 Å². The van der Waals surface area contributed by atoms with Crippen molar-refractivity contribution in [2.45, 2.75) is 6.54 Å². The predicted molar refractivity (Wildman–Crippen MR) is 103 cm³/mol. The summed E-state index contributed by atoms with van der Waals surface area (Å²) in [7, 11) is 1.67. The number of fused-ring (bicyclic) bond motifs is 2. The Morgan fingerprint density at radius 3 is 2.82 bits per heavy atom. The van der Waals surface area contributed by atoms with E-state index in [2.05, 4.69) is 9.97 Å². The van der Waals surface area contributed by atoms with Gasteiger partial charge in [-0.3, -0.25) is 4.79 Å². The zero-order valence-electron chi connectivity index (χ0n) is 14.8. The van der Waals surface area contributed by atoms with E-state index in [1.54, 1.807) is 30.4 Å². The second kappa shape index (κ2) is 5.66. The first-order valence-corrected chi connectivity index (χ1v) is 8.62. The van der Waals surface area contributed by atoms with Crippen molar-refractivity contribution in [3.8, 4) is 11.1 Å². The maximum atomic E-state index is 14.6. The molecule has 0 fully saturated rings. The molecule has 0 spiro atoms. The molecule has 4 aromatic rings. The second-order valence-electron chi connectivity index (χ2n) is 6.84. The first-order valence-electron chi connectivity index (χ1n) is 8.62. The number of aromatic amines is 1. The molecule has 6 nitrogen and oxygen atoms in total. The number of nitrogen functional groups attached to an aromatic ring is 1. The average molecular weight is 379 g/mol. The quantitative estimate of drug-likeness (QED) is 0.531. The van der Waals surface area contributed by atoms with Crippen molar-refractivity contribution in [2.75, 3.05) is 10.6 Å². The molecule has 1 aliphatic rings. The molecular formula is C20H15F2N5O. The first kappa shape index (κ1) is 16.5. The van der Waals surface area contributed by atoms with E-state index in [1.165, 1.54) is 22.9 Å². The molecule has 0 atom stereocenters. The molecule has 4 heterocycles. The fraction of sp³-hybridized carbons (Fsp3) is 0.100. The number of H-pyrrole nitrogens is 1. The van der Waals surface area contributed by atoms with Crippen molar-refractivity contribution < 1.29 is 8.78 Å². The number of aromatic nitrogens is 3. The highest BCUT2D eigenvalue weighted by atomic mass is 19.1. The summed E-state index contributed by atoms with van der Waals surface area (Å²) < 4.78 is 29.6. The topological polar surface area (TPSA) is 79.9 Å². The Balaban J connectivity index is 1.88. The van der Waals surface area contributed by atoms with Crippen LogP contribution in [-0.2, 0) is 13.6 Å². The Bertz CT molecular complexity index is 1320. The lowest BCUT2D eigenvalue weighted by Crippen LogP contribution is -2.19. The zero-order valence-corrected chi connectivity index (χ0v) is 14.8. The number of pyridine rings is 2. The molecule has 1 aliphatic heterocycles. The van der Waals surface area contributed by atoms with Gasteiger partial charge in [-0.05, 0) is 23.8 Å². The lowest BCUT2D eigenvalue weighted by molar-refractivity contribution is 0.582.